The summed E-state index contributed by atoms with van der Waals surface area (Å²) in [6, 6.07) is 9.74. The van der Waals surface area contributed by atoms with Crippen LogP contribution in [0.2, 0.25) is 0 Å². The monoisotopic (exact) mass is 323 g/mol. The fraction of sp³-hybridized carbons (Fsp3) is 0.278. The van der Waals surface area contributed by atoms with E-state index in [1.165, 1.54) is 36.2 Å². The van der Waals surface area contributed by atoms with Gasteiger partial charge in [-0.2, -0.15) is 5.10 Å². The molecular weight excluding hydrogens is 306 g/mol. The third-order valence-corrected chi connectivity index (χ3v) is 4.09. The number of benzene rings is 1. The molecule has 0 aliphatic heterocycles. The summed E-state index contributed by atoms with van der Waals surface area (Å²) in [6.07, 6.45) is 3.97. The van der Waals surface area contributed by atoms with Gasteiger partial charge in [0.05, 0.1) is 19.0 Å². The Morgan fingerprint density at radius 1 is 1.29 bits per heavy atom. The van der Waals surface area contributed by atoms with Crippen molar-refractivity contribution in [3.63, 3.8) is 0 Å². The van der Waals surface area contributed by atoms with Gasteiger partial charge in [-0.1, -0.05) is 12.1 Å². The molecular formula is C18H17N3O3. The number of hydrogen-bond donors (Lipinski definition) is 0. The van der Waals surface area contributed by atoms with Gasteiger partial charge >= 0.3 is 5.97 Å². The van der Waals surface area contributed by atoms with Crippen LogP contribution in [0.1, 0.15) is 40.5 Å². The van der Waals surface area contributed by atoms with Crippen molar-refractivity contribution in [3.05, 3.63) is 53.5 Å². The summed E-state index contributed by atoms with van der Waals surface area (Å²) >= 11 is 0. The maximum Gasteiger partial charge on any atom is 0.360 e. The zero-order valence-corrected chi connectivity index (χ0v) is 13.5. The Bertz CT molecular complexity index is 928. The largest absolute Gasteiger partial charge is 0.464 e. The average molecular weight is 323 g/mol. The van der Waals surface area contributed by atoms with Crippen molar-refractivity contribution >= 4 is 11.6 Å². The first-order chi connectivity index (χ1) is 11.7. The number of aryl methyl sites for hydroxylation is 1. The minimum absolute atomic E-state index is 0.229. The van der Waals surface area contributed by atoms with Crippen molar-refractivity contribution in [1.29, 1.82) is 0 Å². The van der Waals surface area contributed by atoms with Crippen LogP contribution >= 0.6 is 0 Å². The molecule has 0 radical (unpaired) electrons. The zero-order valence-electron chi connectivity index (χ0n) is 13.5. The van der Waals surface area contributed by atoms with Crippen LogP contribution in [0, 0.1) is 6.92 Å². The summed E-state index contributed by atoms with van der Waals surface area (Å²) in [6.45, 7) is 1.84. The third kappa shape index (κ3) is 2.60. The summed E-state index contributed by atoms with van der Waals surface area (Å²) in [7, 11) is 1.34. The Morgan fingerprint density at radius 3 is 2.88 bits per heavy atom. The lowest BCUT2D eigenvalue weighted by molar-refractivity contribution is 0.0587. The number of carbonyl (C=O) groups is 1. The second-order valence-electron chi connectivity index (χ2n) is 5.97. The van der Waals surface area contributed by atoms with E-state index in [2.05, 4.69) is 16.1 Å². The van der Waals surface area contributed by atoms with E-state index < -0.39 is 5.97 Å². The molecule has 0 spiro atoms. The molecule has 0 saturated heterocycles. The minimum Gasteiger partial charge on any atom is -0.464 e. The van der Waals surface area contributed by atoms with Gasteiger partial charge in [0.25, 0.3) is 0 Å². The molecule has 2 heterocycles. The van der Waals surface area contributed by atoms with Gasteiger partial charge in [0, 0.05) is 6.07 Å². The van der Waals surface area contributed by atoms with Crippen LogP contribution in [0.15, 0.2) is 36.5 Å². The topological polar surface area (TPSA) is 65.7 Å². The Labute approximate surface area is 139 Å². The normalized spacial score (nSPS) is 13.9. The number of esters is 1. The fourth-order valence-corrected chi connectivity index (χ4v) is 2.77. The highest BCUT2D eigenvalue weighted by Gasteiger charge is 2.24. The van der Waals surface area contributed by atoms with Crippen LogP contribution < -0.4 is 4.74 Å². The minimum atomic E-state index is -0.515. The van der Waals surface area contributed by atoms with Crippen LogP contribution in [0.4, 0.5) is 0 Å². The molecule has 1 aliphatic carbocycles. The van der Waals surface area contributed by atoms with Crippen LogP contribution in [-0.4, -0.2) is 27.7 Å². The molecule has 2 aromatic heterocycles. The Balaban J connectivity index is 1.78. The molecule has 6 heteroatoms. The second-order valence-corrected chi connectivity index (χ2v) is 5.97. The lowest BCUT2D eigenvalue weighted by Crippen LogP contribution is -2.12. The molecule has 1 aliphatic rings. The predicted octanol–water partition coefficient (Wildman–Crippen LogP) is 3.49. The van der Waals surface area contributed by atoms with E-state index in [0.29, 0.717) is 23.1 Å². The molecule has 1 fully saturated rings. The number of rotatable bonds is 4. The van der Waals surface area contributed by atoms with Crippen molar-refractivity contribution in [3.8, 4) is 11.5 Å². The molecule has 122 valence electrons. The Kier molecular flexibility index (Phi) is 3.45. The number of fused-ring (bicyclic) bond motifs is 1. The van der Waals surface area contributed by atoms with Gasteiger partial charge in [0.2, 0.25) is 0 Å². The summed E-state index contributed by atoms with van der Waals surface area (Å²) in [5.41, 5.74) is 2.83. The third-order valence-electron chi connectivity index (χ3n) is 4.09. The average Bonchev–Trinajstić information content (AvgIpc) is 3.36. The smallest absolute Gasteiger partial charge is 0.360 e. The standard InChI is InChI=1S/C18H17N3O3/c1-11-8-16-19-10-15(17(18(22)23-2)21(16)20-11)24-14-5-3-4-13(9-14)12-6-7-12/h3-5,8-10,12H,6-7H2,1-2H3. The lowest BCUT2D eigenvalue weighted by atomic mass is 10.1. The quantitative estimate of drug-likeness (QED) is 0.688. The van der Waals surface area contributed by atoms with E-state index in [1.807, 2.05) is 25.1 Å². The fourth-order valence-electron chi connectivity index (χ4n) is 2.77. The molecule has 6 nitrogen and oxygen atoms in total. The van der Waals surface area contributed by atoms with Crippen molar-refractivity contribution in [2.45, 2.75) is 25.7 Å². The molecule has 1 aromatic carbocycles. The number of methoxy groups -OCH3 is 1. The maximum atomic E-state index is 12.2. The summed E-state index contributed by atoms with van der Waals surface area (Å²) in [4.78, 5) is 16.6. The van der Waals surface area contributed by atoms with E-state index in [4.69, 9.17) is 9.47 Å². The maximum absolute atomic E-state index is 12.2. The molecule has 0 bridgehead atoms. The van der Waals surface area contributed by atoms with E-state index in [9.17, 15) is 4.79 Å². The first kappa shape index (κ1) is 14.7. The summed E-state index contributed by atoms with van der Waals surface area (Å²) in [5, 5.41) is 4.31. The van der Waals surface area contributed by atoms with Gasteiger partial charge in [0.1, 0.15) is 5.75 Å². The SMILES string of the molecule is COC(=O)c1c(Oc2cccc(C3CC3)c2)cnc2cc(C)nn12. The molecule has 4 rings (SSSR count). The van der Waals surface area contributed by atoms with Crippen molar-refractivity contribution in [2.24, 2.45) is 0 Å². The van der Waals surface area contributed by atoms with E-state index in [1.54, 1.807) is 6.07 Å². The predicted molar refractivity (Wildman–Crippen MR) is 87.6 cm³/mol. The first-order valence-electron chi connectivity index (χ1n) is 7.87. The van der Waals surface area contributed by atoms with E-state index in [0.717, 1.165) is 5.69 Å². The number of ether oxygens (including phenoxy) is 2. The van der Waals surface area contributed by atoms with Crippen LogP contribution in [0.5, 0.6) is 11.5 Å². The Hall–Kier alpha value is -2.89. The molecule has 0 unspecified atom stereocenters. The van der Waals surface area contributed by atoms with Gasteiger partial charge < -0.3 is 9.47 Å². The van der Waals surface area contributed by atoms with Crippen molar-refractivity contribution in [2.75, 3.05) is 7.11 Å². The van der Waals surface area contributed by atoms with Crippen LogP contribution in [0.25, 0.3) is 5.65 Å². The van der Waals surface area contributed by atoms with Gasteiger partial charge in [-0.05, 0) is 43.4 Å². The number of hydrogen-bond acceptors (Lipinski definition) is 5. The Morgan fingerprint density at radius 2 is 2.12 bits per heavy atom. The second kappa shape index (κ2) is 5.63. The highest BCUT2D eigenvalue weighted by Crippen LogP contribution is 2.41. The molecule has 0 atom stereocenters. The van der Waals surface area contributed by atoms with Crippen molar-refractivity contribution in [1.82, 2.24) is 14.6 Å². The van der Waals surface area contributed by atoms with E-state index >= 15 is 0 Å². The summed E-state index contributed by atoms with van der Waals surface area (Å²) in [5.74, 6) is 1.11. The first-order valence-corrected chi connectivity index (χ1v) is 7.87. The number of carbonyl (C=O) groups excluding carboxylic acids is 1. The van der Waals surface area contributed by atoms with Gasteiger partial charge in [-0.25, -0.2) is 14.3 Å². The van der Waals surface area contributed by atoms with Gasteiger partial charge in [-0.15, -0.1) is 0 Å². The van der Waals surface area contributed by atoms with Crippen molar-refractivity contribution < 1.29 is 14.3 Å². The van der Waals surface area contributed by atoms with Crippen LogP contribution in [-0.2, 0) is 4.74 Å². The highest BCUT2D eigenvalue weighted by atomic mass is 16.5. The summed E-state index contributed by atoms with van der Waals surface area (Å²) < 4.78 is 12.3. The molecule has 0 amide bonds. The molecule has 24 heavy (non-hydrogen) atoms. The van der Waals surface area contributed by atoms with Gasteiger partial charge in [0.15, 0.2) is 17.1 Å². The molecule has 1 saturated carbocycles. The molecule has 3 aromatic rings. The van der Waals surface area contributed by atoms with Crippen LogP contribution in [0.3, 0.4) is 0 Å². The molecule has 0 N–H and O–H groups in total. The lowest BCUT2D eigenvalue weighted by Gasteiger charge is -2.11. The van der Waals surface area contributed by atoms with E-state index in [-0.39, 0.29) is 5.69 Å². The highest BCUT2D eigenvalue weighted by molar-refractivity contribution is 5.91. The van der Waals surface area contributed by atoms with Gasteiger partial charge in [-0.3, -0.25) is 0 Å². The number of nitrogens with zero attached hydrogens (tertiary/aromatic N) is 3. The number of aromatic nitrogens is 3. The zero-order chi connectivity index (χ0) is 16.7.